The predicted octanol–water partition coefficient (Wildman–Crippen LogP) is 3.46. The standard InChI is InChI=1S/C14H20INO2/c1-9(2)7-10(3)16-14(17)11-5-6-13(18-4)12(15)8-11/h5-6,8-10H,7H2,1-4H3,(H,16,17). The minimum atomic E-state index is -0.0243. The zero-order chi connectivity index (χ0) is 13.7. The van der Waals surface area contributed by atoms with E-state index >= 15 is 0 Å². The Balaban J connectivity index is 2.70. The van der Waals surface area contributed by atoms with E-state index in [-0.39, 0.29) is 11.9 Å². The van der Waals surface area contributed by atoms with Gasteiger partial charge in [-0.25, -0.2) is 0 Å². The Morgan fingerprint density at radius 3 is 2.56 bits per heavy atom. The SMILES string of the molecule is COc1ccc(C(=O)NC(C)CC(C)C)cc1I. The summed E-state index contributed by atoms with van der Waals surface area (Å²) in [5.41, 5.74) is 0.677. The Labute approximate surface area is 122 Å². The molecule has 1 aromatic rings. The number of hydrogen-bond donors (Lipinski definition) is 1. The first kappa shape index (κ1) is 15.3. The summed E-state index contributed by atoms with van der Waals surface area (Å²) in [4.78, 5) is 12.0. The van der Waals surface area contributed by atoms with Gasteiger partial charge in [-0.15, -0.1) is 0 Å². The van der Waals surface area contributed by atoms with Crippen LogP contribution in [-0.4, -0.2) is 19.1 Å². The topological polar surface area (TPSA) is 38.3 Å². The van der Waals surface area contributed by atoms with Crippen molar-refractivity contribution >= 4 is 28.5 Å². The molecule has 1 rings (SSSR count). The van der Waals surface area contributed by atoms with Gasteiger partial charge in [0.25, 0.3) is 5.91 Å². The van der Waals surface area contributed by atoms with Gasteiger partial charge in [0.2, 0.25) is 0 Å². The van der Waals surface area contributed by atoms with Crippen LogP contribution < -0.4 is 10.1 Å². The van der Waals surface area contributed by atoms with Crippen molar-refractivity contribution in [2.75, 3.05) is 7.11 Å². The van der Waals surface area contributed by atoms with Crippen LogP contribution in [0, 0.1) is 9.49 Å². The molecule has 0 aliphatic heterocycles. The molecule has 1 N–H and O–H groups in total. The lowest BCUT2D eigenvalue weighted by Crippen LogP contribution is -2.33. The number of carbonyl (C=O) groups is 1. The lowest BCUT2D eigenvalue weighted by atomic mass is 10.0. The van der Waals surface area contributed by atoms with Crippen molar-refractivity contribution in [1.29, 1.82) is 0 Å². The van der Waals surface area contributed by atoms with Crippen molar-refractivity contribution in [2.24, 2.45) is 5.92 Å². The summed E-state index contributed by atoms with van der Waals surface area (Å²) in [6.45, 7) is 6.34. The number of ether oxygens (including phenoxy) is 1. The summed E-state index contributed by atoms with van der Waals surface area (Å²) in [7, 11) is 1.63. The maximum atomic E-state index is 12.0. The van der Waals surface area contributed by atoms with E-state index in [1.54, 1.807) is 13.2 Å². The molecule has 0 aliphatic rings. The molecule has 100 valence electrons. The number of rotatable bonds is 5. The molecule has 0 heterocycles. The van der Waals surface area contributed by atoms with Crippen molar-refractivity contribution in [3.8, 4) is 5.75 Å². The van der Waals surface area contributed by atoms with Gasteiger partial charge in [-0.1, -0.05) is 13.8 Å². The van der Waals surface area contributed by atoms with Gasteiger partial charge in [0.15, 0.2) is 0 Å². The van der Waals surface area contributed by atoms with E-state index in [2.05, 4.69) is 41.8 Å². The fourth-order valence-corrected chi connectivity index (χ4v) is 2.62. The molecule has 0 saturated carbocycles. The van der Waals surface area contributed by atoms with Gasteiger partial charge in [-0.2, -0.15) is 0 Å². The molecule has 1 atom stereocenters. The van der Waals surface area contributed by atoms with Crippen molar-refractivity contribution < 1.29 is 9.53 Å². The zero-order valence-corrected chi connectivity index (χ0v) is 13.4. The number of halogens is 1. The highest BCUT2D eigenvalue weighted by molar-refractivity contribution is 14.1. The second kappa shape index (κ2) is 6.97. The van der Waals surface area contributed by atoms with Crippen molar-refractivity contribution in [1.82, 2.24) is 5.32 Å². The summed E-state index contributed by atoms with van der Waals surface area (Å²) in [6, 6.07) is 5.65. The van der Waals surface area contributed by atoms with Crippen LogP contribution in [0.4, 0.5) is 0 Å². The Bertz CT molecular complexity index is 418. The van der Waals surface area contributed by atoms with E-state index < -0.39 is 0 Å². The Morgan fingerprint density at radius 2 is 2.06 bits per heavy atom. The molecule has 0 spiro atoms. The Morgan fingerprint density at radius 1 is 1.39 bits per heavy atom. The highest BCUT2D eigenvalue weighted by Crippen LogP contribution is 2.21. The van der Waals surface area contributed by atoms with Gasteiger partial charge in [0, 0.05) is 11.6 Å². The second-order valence-corrected chi connectivity index (χ2v) is 6.02. The second-order valence-electron chi connectivity index (χ2n) is 4.85. The van der Waals surface area contributed by atoms with Crippen LogP contribution in [0.15, 0.2) is 18.2 Å². The average molecular weight is 361 g/mol. The number of benzene rings is 1. The smallest absolute Gasteiger partial charge is 0.251 e. The summed E-state index contributed by atoms with van der Waals surface area (Å²) >= 11 is 2.17. The van der Waals surface area contributed by atoms with Crippen LogP contribution in [0.2, 0.25) is 0 Å². The first-order valence-corrected chi connectivity index (χ1v) is 7.16. The maximum Gasteiger partial charge on any atom is 0.251 e. The summed E-state index contributed by atoms with van der Waals surface area (Å²) in [5.74, 6) is 1.35. The van der Waals surface area contributed by atoms with Crippen molar-refractivity contribution in [3.63, 3.8) is 0 Å². The molecule has 0 aliphatic carbocycles. The van der Waals surface area contributed by atoms with Gasteiger partial charge < -0.3 is 10.1 Å². The molecule has 1 amide bonds. The zero-order valence-electron chi connectivity index (χ0n) is 11.3. The van der Waals surface area contributed by atoms with Crippen LogP contribution in [0.25, 0.3) is 0 Å². The lowest BCUT2D eigenvalue weighted by molar-refractivity contribution is 0.0936. The third-order valence-electron chi connectivity index (χ3n) is 2.62. The van der Waals surface area contributed by atoms with Crippen molar-refractivity contribution in [3.05, 3.63) is 27.3 Å². The van der Waals surface area contributed by atoms with Gasteiger partial charge in [-0.3, -0.25) is 4.79 Å². The Kier molecular flexibility index (Phi) is 5.91. The number of hydrogen-bond acceptors (Lipinski definition) is 2. The molecule has 0 saturated heterocycles. The highest BCUT2D eigenvalue weighted by atomic mass is 127. The first-order chi connectivity index (χ1) is 8.43. The van der Waals surface area contributed by atoms with Crippen LogP contribution in [0.1, 0.15) is 37.6 Å². The van der Waals surface area contributed by atoms with E-state index in [0.717, 1.165) is 15.7 Å². The predicted molar refractivity (Wildman–Crippen MR) is 82.1 cm³/mol. The molecule has 0 bridgehead atoms. The molecule has 0 aromatic heterocycles. The normalized spacial score (nSPS) is 12.3. The molecule has 4 heteroatoms. The number of methoxy groups -OCH3 is 1. The molecule has 0 fully saturated rings. The molecule has 1 aromatic carbocycles. The van der Waals surface area contributed by atoms with Gasteiger partial charge in [0.05, 0.1) is 10.7 Å². The third-order valence-corrected chi connectivity index (χ3v) is 3.46. The lowest BCUT2D eigenvalue weighted by Gasteiger charge is -2.16. The minimum absolute atomic E-state index is 0.0243. The number of nitrogens with one attached hydrogen (secondary N) is 1. The fourth-order valence-electron chi connectivity index (χ4n) is 1.88. The summed E-state index contributed by atoms with van der Waals surface area (Å²) < 4.78 is 6.12. The number of amides is 1. The molecule has 1 unspecified atom stereocenters. The van der Waals surface area contributed by atoms with Crippen LogP contribution in [0.3, 0.4) is 0 Å². The van der Waals surface area contributed by atoms with E-state index in [0.29, 0.717) is 11.5 Å². The quantitative estimate of drug-likeness (QED) is 0.816. The van der Waals surface area contributed by atoms with Crippen LogP contribution in [0.5, 0.6) is 5.75 Å². The minimum Gasteiger partial charge on any atom is -0.496 e. The number of carbonyl (C=O) groups excluding carboxylic acids is 1. The highest BCUT2D eigenvalue weighted by Gasteiger charge is 2.12. The molecule has 18 heavy (non-hydrogen) atoms. The summed E-state index contributed by atoms with van der Waals surface area (Å²) in [6.07, 6.45) is 0.985. The average Bonchev–Trinajstić information content (AvgIpc) is 2.27. The van der Waals surface area contributed by atoms with E-state index in [1.807, 2.05) is 19.1 Å². The maximum absolute atomic E-state index is 12.0. The first-order valence-electron chi connectivity index (χ1n) is 6.08. The van der Waals surface area contributed by atoms with Crippen LogP contribution in [-0.2, 0) is 0 Å². The van der Waals surface area contributed by atoms with E-state index in [4.69, 9.17) is 4.74 Å². The van der Waals surface area contributed by atoms with Gasteiger partial charge in [-0.05, 0) is 60.1 Å². The van der Waals surface area contributed by atoms with Gasteiger partial charge >= 0.3 is 0 Å². The molecular weight excluding hydrogens is 341 g/mol. The van der Waals surface area contributed by atoms with Gasteiger partial charge in [0.1, 0.15) is 5.75 Å². The third kappa shape index (κ3) is 4.48. The molecular formula is C14H20INO2. The summed E-state index contributed by atoms with van der Waals surface area (Å²) in [5, 5.41) is 3.01. The van der Waals surface area contributed by atoms with Crippen LogP contribution >= 0.6 is 22.6 Å². The monoisotopic (exact) mass is 361 g/mol. The molecule has 0 radical (unpaired) electrons. The van der Waals surface area contributed by atoms with E-state index in [9.17, 15) is 4.79 Å². The largest absolute Gasteiger partial charge is 0.496 e. The Hall–Kier alpha value is -0.780. The fraction of sp³-hybridized carbons (Fsp3) is 0.500. The molecule has 3 nitrogen and oxygen atoms in total. The van der Waals surface area contributed by atoms with E-state index in [1.165, 1.54) is 0 Å². The van der Waals surface area contributed by atoms with Crippen molar-refractivity contribution in [2.45, 2.75) is 33.2 Å².